The predicted octanol–water partition coefficient (Wildman–Crippen LogP) is 5.82. The minimum atomic E-state index is -0.0814. The standard InChI is InChI=1S/C24H34NO2P/c1-8-24(6,20-14-11-12-18(2)22(20)27-17-26-7)28-21-15-10-9-13-19(21)16-25-23(3,4)5/h9-16,28H,8,17H2,1-7H3/b25-16+. The van der Waals surface area contributed by atoms with E-state index in [0.717, 1.165) is 17.7 Å². The molecule has 0 aromatic heterocycles. The van der Waals surface area contributed by atoms with E-state index in [9.17, 15) is 0 Å². The van der Waals surface area contributed by atoms with Gasteiger partial charge in [-0.1, -0.05) is 64.9 Å². The Bertz CT molecular complexity index is 810. The molecule has 0 spiro atoms. The van der Waals surface area contributed by atoms with E-state index in [2.05, 4.69) is 84.0 Å². The summed E-state index contributed by atoms with van der Waals surface area (Å²) < 4.78 is 11.1. The van der Waals surface area contributed by atoms with Crippen LogP contribution in [0.2, 0.25) is 0 Å². The van der Waals surface area contributed by atoms with Crippen molar-refractivity contribution in [2.45, 2.75) is 58.7 Å². The van der Waals surface area contributed by atoms with Crippen LogP contribution in [0.4, 0.5) is 0 Å². The molecule has 0 saturated heterocycles. The number of hydrogen-bond acceptors (Lipinski definition) is 3. The van der Waals surface area contributed by atoms with Crippen molar-refractivity contribution < 1.29 is 9.47 Å². The highest BCUT2D eigenvalue weighted by atomic mass is 31.1. The van der Waals surface area contributed by atoms with Crippen molar-refractivity contribution in [3.8, 4) is 5.75 Å². The third-order valence-electron chi connectivity index (χ3n) is 4.80. The molecule has 0 bridgehead atoms. The summed E-state index contributed by atoms with van der Waals surface area (Å²) in [5, 5.41) is 1.31. The molecular weight excluding hydrogens is 365 g/mol. The number of aryl methyl sites for hydroxylation is 1. The fourth-order valence-corrected chi connectivity index (χ4v) is 4.60. The molecule has 3 nitrogen and oxygen atoms in total. The molecule has 0 radical (unpaired) electrons. The van der Waals surface area contributed by atoms with Crippen LogP contribution in [-0.4, -0.2) is 25.7 Å². The summed E-state index contributed by atoms with van der Waals surface area (Å²) in [5.41, 5.74) is 3.50. The van der Waals surface area contributed by atoms with Crippen molar-refractivity contribution >= 4 is 20.1 Å². The number of ether oxygens (including phenoxy) is 2. The van der Waals surface area contributed by atoms with Gasteiger partial charge in [0.25, 0.3) is 0 Å². The Morgan fingerprint density at radius 1 is 1.04 bits per heavy atom. The number of nitrogens with zero attached hydrogens (tertiary/aromatic N) is 1. The molecule has 4 heteroatoms. The van der Waals surface area contributed by atoms with Crippen molar-refractivity contribution in [1.82, 2.24) is 0 Å². The van der Waals surface area contributed by atoms with E-state index in [4.69, 9.17) is 14.5 Å². The maximum absolute atomic E-state index is 5.98. The smallest absolute Gasteiger partial charge is 0.188 e. The summed E-state index contributed by atoms with van der Waals surface area (Å²) in [4.78, 5) is 4.73. The summed E-state index contributed by atoms with van der Waals surface area (Å²) in [6, 6.07) is 15.0. The van der Waals surface area contributed by atoms with Crippen LogP contribution in [0.1, 0.15) is 57.7 Å². The molecule has 2 aromatic carbocycles. The lowest BCUT2D eigenvalue weighted by molar-refractivity contribution is 0.0495. The topological polar surface area (TPSA) is 30.8 Å². The first kappa shape index (κ1) is 22.6. The fraction of sp³-hybridized carbons (Fsp3) is 0.458. The van der Waals surface area contributed by atoms with Crippen LogP contribution >= 0.6 is 8.58 Å². The van der Waals surface area contributed by atoms with Gasteiger partial charge in [-0.15, -0.1) is 0 Å². The van der Waals surface area contributed by atoms with Crippen LogP contribution < -0.4 is 10.0 Å². The Morgan fingerprint density at radius 2 is 1.75 bits per heavy atom. The summed E-state index contributed by atoms with van der Waals surface area (Å²) in [6.45, 7) is 13.3. The van der Waals surface area contributed by atoms with Crippen molar-refractivity contribution in [3.63, 3.8) is 0 Å². The Balaban J connectivity index is 2.45. The van der Waals surface area contributed by atoms with Gasteiger partial charge < -0.3 is 9.47 Å². The van der Waals surface area contributed by atoms with Crippen molar-refractivity contribution in [1.29, 1.82) is 0 Å². The van der Waals surface area contributed by atoms with Crippen LogP contribution in [0, 0.1) is 6.92 Å². The highest BCUT2D eigenvalue weighted by Crippen LogP contribution is 2.48. The monoisotopic (exact) mass is 399 g/mol. The molecule has 0 amide bonds. The second-order valence-electron chi connectivity index (χ2n) is 8.33. The molecule has 2 rings (SSSR count). The molecular formula is C24H34NO2P. The average Bonchev–Trinajstić information content (AvgIpc) is 2.65. The fourth-order valence-electron chi connectivity index (χ4n) is 3.03. The number of aliphatic imine (C=N–C) groups is 1. The van der Waals surface area contributed by atoms with E-state index in [1.54, 1.807) is 7.11 Å². The number of rotatable bonds is 8. The van der Waals surface area contributed by atoms with Gasteiger partial charge >= 0.3 is 0 Å². The second kappa shape index (κ2) is 9.67. The highest BCUT2D eigenvalue weighted by molar-refractivity contribution is 7.48. The minimum absolute atomic E-state index is 0.0270. The van der Waals surface area contributed by atoms with E-state index >= 15 is 0 Å². The largest absolute Gasteiger partial charge is 0.467 e. The molecule has 0 N–H and O–H groups in total. The number of para-hydroxylation sites is 1. The number of methoxy groups -OCH3 is 1. The van der Waals surface area contributed by atoms with Crippen LogP contribution in [0.5, 0.6) is 5.75 Å². The first-order chi connectivity index (χ1) is 13.2. The summed E-state index contributed by atoms with van der Waals surface area (Å²) in [7, 11) is 2.26. The third-order valence-corrected chi connectivity index (χ3v) is 6.70. The van der Waals surface area contributed by atoms with E-state index < -0.39 is 0 Å². The molecule has 2 unspecified atom stereocenters. The lowest BCUT2D eigenvalue weighted by atomic mass is 9.94. The molecule has 2 aromatic rings. The van der Waals surface area contributed by atoms with Gasteiger partial charge in [-0.2, -0.15) is 0 Å². The summed E-state index contributed by atoms with van der Waals surface area (Å²) >= 11 is 0. The second-order valence-corrected chi connectivity index (χ2v) is 10.2. The Hall–Kier alpha value is -1.70. The predicted molar refractivity (Wildman–Crippen MR) is 123 cm³/mol. The molecule has 152 valence electrons. The normalized spacial score (nSPS) is 14.7. The zero-order chi connectivity index (χ0) is 20.8. The van der Waals surface area contributed by atoms with Gasteiger partial charge in [0.2, 0.25) is 0 Å². The Morgan fingerprint density at radius 3 is 2.39 bits per heavy atom. The SMILES string of the molecule is CCC(C)(Pc1ccccc1/C=N/C(C)(C)C)c1cccc(C)c1OCOC. The van der Waals surface area contributed by atoms with E-state index in [1.807, 2.05) is 6.21 Å². The number of hydrogen-bond donors (Lipinski definition) is 0. The van der Waals surface area contributed by atoms with Crippen molar-refractivity contribution in [3.05, 3.63) is 59.2 Å². The first-order valence-corrected chi connectivity index (χ1v) is 10.8. The van der Waals surface area contributed by atoms with Gasteiger partial charge in [0.05, 0.1) is 5.54 Å². The molecule has 28 heavy (non-hydrogen) atoms. The van der Waals surface area contributed by atoms with Crippen LogP contribution in [0.3, 0.4) is 0 Å². The lowest BCUT2D eigenvalue weighted by Crippen LogP contribution is -2.22. The minimum Gasteiger partial charge on any atom is -0.467 e. The Kier molecular flexibility index (Phi) is 7.80. The molecule has 0 aliphatic carbocycles. The average molecular weight is 400 g/mol. The van der Waals surface area contributed by atoms with Crippen LogP contribution in [0.15, 0.2) is 47.5 Å². The zero-order valence-corrected chi connectivity index (χ0v) is 19.3. The van der Waals surface area contributed by atoms with Gasteiger partial charge in [0.1, 0.15) is 5.75 Å². The molecule has 2 atom stereocenters. The van der Waals surface area contributed by atoms with E-state index in [-0.39, 0.29) is 17.5 Å². The summed E-state index contributed by atoms with van der Waals surface area (Å²) in [6.07, 6.45) is 3.04. The summed E-state index contributed by atoms with van der Waals surface area (Å²) in [5.74, 6) is 0.946. The van der Waals surface area contributed by atoms with Crippen LogP contribution in [0.25, 0.3) is 0 Å². The molecule has 0 heterocycles. The third kappa shape index (κ3) is 5.90. The van der Waals surface area contributed by atoms with Crippen LogP contribution in [-0.2, 0) is 9.89 Å². The van der Waals surface area contributed by atoms with E-state index in [0.29, 0.717) is 8.58 Å². The molecule has 0 aliphatic rings. The quantitative estimate of drug-likeness (QED) is 0.318. The van der Waals surface area contributed by atoms with Gasteiger partial charge in [0, 0.05) is 24.0 Å². The van der Waals surface area contributed by atoms with Crippen molar-refractivity contribution in [2.24, 2.45) is 4.99 Å². The van der Waals surface area contributed by atoms with Crippen molar-refractivity contribution in [2.75, 3.05) is 13.9 Å². The zero-order valence-electron chi connectivity index (χ0n) is 18.3. The van der Waals surface area contributed by atoms with Gasteiger partial charge in [0.15, 0.2) is 6.79 Å². The number of benzene rings is 2. The molecule has 0 fully saturated rings. The van der Waals surface area contributed by atoms with Gasteiger partial charge in [-0.25, -0.2) is 0 Å². The molecule has 0 saturated carbocycles. The molecule has 0 aliphatic heterocycles. The first-order valence-electron chi connectivity index (χ1n) is 9.84. The maximum Gasteiger partial charge on any atom is 0.188 e. The lowest BCUT2D eigenvalue weighted by Gasteiger charge is -2.32. The Labute approximate surface area is 172 Å². The highest BCUT2D eigenvalue weighted by Gasteiger charge is 2.30. The van der Waals surface area contributed by atoms with E-state index in [1.165, 1.54) is 16.4 Å². The van der Waals surface area contributed by atoms with Gasteiger partial charge in [-0.05, 0) is 50.5 Å². The van der Waals surface area contributed by atoms with Gasteiger partial charge in [-0.3, -0.25) is 4.99 Å². The maximum atomic E-state index is 5.98.